The quantitative estimate of drug-likeness (QED) is 0.0222. The zero-order chi connectivity index (χ0) is 74.6. The molecule has 0 aliphatic rings. The van der Waals surface area contributed by atoms with E-state index in [0.717, 1.165) is 114 Å². The van der Waals surface area contributed by atoms with Crippen molar-refractivity contribution in [2.75, 3.05) is 39.6 Å². The minimum absolute atomic E-state index is 0.107. The highest BCUT2D eigenvalue weighted by molar-refractivity contribution is 7.47. The number of hydrogen-bond donors (Lipinski definition) is 3. The van der Waals surface area contributed by atoms with Gasteiger partial charge in [0.2, 0.25) is 0 Å². The average Bonchev–Trinajstić information content (AvgIpc) is 0.957. The van der Waals surface area contributed by atoms with Gasteiger partial charge in [-0.05, 0) is 49.4 Å². The second-order valence-corrected chi connectivity index (χ2v) is 34.1. The summed E-state index contributed by atoms with van der Waals surface area (Å²) in [4.78, 5) is 73.0. The fourth-order valence-electron chi connectivity index (χ4n) is 12.6. The van der Waals surface area contributed by atoms with Crippen LogP contribution in [-0.4, -0.2) is 96.7 Å². The van der Waals surface area contributed by atoms with E-state index in [-0.39, 0.29) is 25.7 Å². The molecule has 0 saturated carbocycles. The number of carbonyl (C=O) groups is 4. The Hall–Kier alpha value is -1.94. The lowest BCUT2D eigenvalue weighted by molar-refractivity contribution is -0.161. The molecule has 4 unspecified atom stereocenters. The summed E-state index contributed by atoms with van der Waals surface area (Å²) in [6.45, 7) is 14.3. The van der Waals surface area contributed by atoms with Crippen LogP contribution in [0.4, 0.5) is 0 Å². The number of hydrogen-bond acceptors (Lipinski definition) is 15. The van der Waals surface area contributed by atoms with Gasteiger partial charge in [-0.1, -0.05) is 370 Å². The third-order valence-electron chi connectivity index (χ3n) is 19.4. The minimum atomic E-state index is -4.96. The van der Waals surface area contributed by atoms with Crippen LogP contribution in [0, 0.1) is 23.7 Å². The molecule has 0 aromatic heterocycles. The maximum atomic E-state index is 13.1. The number of phosphoric ester groups is 2. The van der Waals surface area contributed by atoms with Crippen LogP contribution in [0.5, 0.6) is 0 Å². The Morgan fingerprint density at radius 3 is 0.703 bits per heavy atom. The smallest absolute Gasteiger partial charge is 0.462 e. The Morgan fingerprint density at radius 2 is 0.475 bits per heavy atom. The van der Waals surface area contributed by atoms with Crippen LogP contribution in [-0.2, 0) is 65.4 Å². The van der Waals surface area contributed by atoms with Crippen LogP contribution >= 0.6 is 15.6 Å². The van der Waals surface area contributed by atoms with E-state index >= 15 is 0 Å². The lowest BCUT2D eigenvalue weighted by Gasteiger charge is -2.21. The molecule has 600 valence electrons. The molecule has 0 amide bonds. The highest BCUT2D eigenvalue weighted by Gasteiger charge is 2.30. The van der Waals surface area contributed by atoms with Gasteiger partial charge in [0.15, 0.2) is 12.2 Å². The van der Waals surface area contributed by atoms with Gasteiger partial charge in [-0.25, -0.2) is 9.13 Å². The first-order valence-electron chi connectivity index (χ1n) is 42.2. The van der Waals surface area contributed by atoms with Crippen LogP contribution < -0.4 is 0 Å². The number of aliphatic hydroxyl groups excluding tert-OH is 1. The van der Waals surface area contributed by atoms with Crippen LogP contribution in [0.3, 0.4) is 0 Å². The molecule has 101 heavy (non-hydrogen) atoms. The van der Waals surface area contributed by atoms with Crippen molar-refractivity contribution in [1.82, 2.24) is 0 Å². The summed E-state index contributed by atoms with van der Waals surface area (Å²) in [6, 6.07) is 0. The van der Waals surface area contributed by atoms with Gasteiger partial charge in [0.1, 0.15) is 19.3 Å². The van der Waals surface area contributed by atoms with Gasteiger partial charge in [-0.2, -0.15) is 0 Å². The molecule has 0 fully saturated rings. The fraction of sp³-hybridized carbons (Fsp3) is 0.951. The Morgan fingerprint density at radius 1 is 0.277 bits per heavy atom. The van der Waals surface area contributed by atoms with Crippen LogP contribution in [0.1, 0.15) is 421 Å². The molecule has 0 aliphatic heterocycles. The van der Waals surface area contributed by atoms with E-state index in [2.05, 4.69) is 55.4 Å². The fourth-order valence-corrected chi connectivity index (χ4v) is 14.2. The van der Waals surface area contributed by atoms with Crippen molar-refractivity contribution in [2.24, 2.45) is 23.7 Å². The topological polar surface area (TPSA) is 237 Å². The molecule has 0 aromatic rings. The van der Waals surface area contributed by atoms with Crippen LogP contribution in [0.2, 0.25) is 0 Å². The molecule has 6 atom stereocenters. The third kappa shape index (κ3) is 74.7. The molecule has 3 N–H and O–H groups in total. The summed E-state index contributed by atoms with van der Waals surface area (Å²) < 4.78 is 68.7. The van der Waals surface area contributed by atoms with Gasteiger partial charge in [-0.15, -0.1) is 0 Å². The molecular formula is C82H160O17P2. The summed E-state index contributed by atoms with van der Waals surface area (Å²) in [7, 11) is -9.92. The summed E-state index contributed by atoms with van der Waals surface area (Å²) in [5.74, 6) is 0.993. The Bertz CT molecular complexity index is 1970. The van der Waals surface area contributed by atoms with E-state index in [1.54, 1.807) is 0 Å². The number of ether oxygens (including phenoxy) is 4. The molecule has 0 rings (SSSR count). The minimum Gasteiger partial charge on any atom is -0.462 e. The zero-order valence-electron chi connectivity index (χ0n) is 66.5. The molecule has 19 heteroatoms. The van der Waals surface area contributed by atoms with Gasteiger partial charge in [-0.3, -0.25) is 37.3 Å². The zero-order valence-corrected chi connectivity index (χ0v) is 68.3. The second-order valence-electron chi connectivity index (χ2n) is 31.2. The number of unbranched alkanes of at least 4 members (excludes halogenated alkanes) is 44. The first kappa shape index (κ1) is 99.1. The van der Waals surface area contributed by atoms with Crippen molar-refractivity contribution in [3.05, 3.63) is 0 Å². The first-order chi connectivity index (χ1) is 48.6. The standard InChI is InChI=1S/C82H160O17P2/c1-9-75(8)61-53-45-36-30-26-27-31-37-46-54-62-79(84)92-68-77(98-81(86)64-56-48-38-32-24-20-16-12-10-14-18-22-28-34-42-50-58-72(2)3)70-96-100(88,89)94-66-76(83)67-95-101(90,91)97-71-78(69-93-80(85)63-55-47-41-40-44-52-60-74(6)7)99-82(87)65-57-49-39-33-25-21-17-13-11-15-19-23-29-35-43-51-59-73(4)5/h72-78,83H,9-71H2,1-8H3,(H,88,89)(H,90,91)/t75?,76?,77-,78-/m1/s1. The molecule has 0 aliphatic carbocycles. The van der Waals surface area contributed by atoms with Gasteiger partial charge in [0.25, 0.3) is 0 Å². The SMILES string of the molecule is CCC(C)CCCCCCCCCCCCC(=O)OC[C@H](COP(=O)(O)OCC(O)COP(=O)(O)OC[C@@H](COC(=O)CCCCCCCCC(C)C)OC(=O)CCCCCCCCCCCCCCCCCCC(C)C)OC(=O)CCCCCCCCCCCCCCCCCCC(C)C. The first-order valence-corrected chi connectivity index (χ1v) is 45.2. The molecule has 17 nitrogen and oxygen atoms in total. The summed E-state index contributed by atoms with van der Waals surface area (Å²) >= 11 is 0. The third-order valence-corrected chi connectivity index (χ3v) is 21.3. The Labute approximate surface area is 619 Å². The van der Waals surface area contributed by atoms with Crippen molar-refractivity contribution in [2.45, 2.75) is 440 Å². The van der Waals surface area contributed by atoms with Gasteiger partial charge < -0.3 is 33.8 Å². The van der Waals surface area contributed by atoms with E-state index < -0.39 is 97.5 Å². The number of esters is 4. The highest BCUT2D eigenvalue weighted by Crippen LogP contribution is 2.45. The lowest BCUT2D eigenvalue weighted by atomic mass is 9.99. The van der Waals surface area contributed by atoms with E-state index in [4.69, 9.17) is 37.0 Å². The van der Waals surface area contributed by atoms with Gasteiger partial charge in [0, 0.05) is 25.7 Å². The molecule has 0 radical (unpaired) electrons. The molecular weight excluding hydrogens is 1320 g/mol. The number of aliphatic hydroxyl groups is 1. The van der Waals surface area contributed by atoms with E-state index in [1.807, 2.05) is 0 Å². The summed E-state index contributed by atoms with van der Waals surface area (Å²) in [6.07, 6.45) is 58.4. The number of rotatable bonds is 79. The lowest BCUT2D eigenvalue weighted by Crippen LogP contribution is -2.30. The average molecular weight is 1480 g/mol. The van der Waals surface area contributed by atoms with Crippen molar-refractivity contribution < 1.29 is 80.2 Å². The normalized spacial score (nSPS) is 14.3. The Balaban J connectivity index is 5.21. The molecule has 0 saturated heterocycles. The largest absolute Gasteiger partial charge is 0.472 e. The van der Waals surface area contributed by atoms with Gasteiger partial charge >= 0.3 is 39.5 Å². The van der Waals surface area contributed by atoms with Crippen molar-refractivity contribution in [3.8, 4) is 0 Å². The second kappa shape index (κ2) is 71.0. The monoisotopic (exact) mass is 1480 g/mol. The maximum absolute atomic E-state index is 13.1. The predicted molar refractivity (Wildman–Crippen MR) is 414 cm³/mol. The maximum Gasteiger partial charge on any atom is 0.472 e. The van der Waals surface area contributed by atoms with E-state index in [0.29, 0.717) is 31.6 Å². The Kier molecular flexibility index (Phi) is 69.6. The van der Waals surface area contributed by atoms with Crippen LogP contribution in [0.25, 0.3) is 0 Å². The number of carbonyl (C=O) groups excluding carboxylic acids is 4. The van der Waals surface area contributed by atoms with Crippen molar-refractivity contribution >= 4 is 39.5 Å². The van der Waals surface area contributed by atoms with E-state index in [9.17, 15) is 43.2 Å². The van der Waals surface area contributed by atoms with Gasteiger partial charge in [0.05, 0.1) is 26.4 Å². The molecule has 0 spiro atoms. The van der Waals surface area contributed by atoms with Crippen molar-refractivity contribution in [1.29, 1.82) is 0 Å². The van der Waals surface area contributed by atoms with Crippen LogP contribution in [0.15, 0.2) is 0 Å². The highest BCUT2D eigenvalue weighted by atomic mass is 31.2. The molecule has 0 heterocycles. The molecule has 0 aromatic carbocycles. The van der Waals surface area contributed by atoms with Crippen molar-refractivity contribution in [3.63, 3.8) is 0 Å². The predicted octanol–water partition coefficient (Wildman–Crippen LogP) is 24.4. The summed E-state index contributed by atoms with van der Waals surface area (Å²) in [5.41, 5.74) is 0. The molecule has 0 bridgehead atoms. The summed E-state index contributed by atoms with van der Waals surface area (Å²) in [5, 5.41) is 10.6. The van der Waals surface area contributed by atoms with E-state index in [1.165, 1.54) is 218 Å². The number of phosphoric acid groups is 2.